The molecule has 0 spiro atoms. The van der Waals surface area contributed by atoms with E-state index in [1.807, 2.05) is 32.9 Å². The lowest BCUT2D eigenvalue weighted by atomic mass is 10.0. The molecule has 5 nitrogen and oxygen atoms in total. The lowest BCUT2D eigenvalue weighted by Gasteiger charge is -2.23. The quantitative estimate of drug-likeness (QED) is 0.715. The number of aliphatic hydroxyl groups is 1. The molecule has 0 bridgehead atoms. The van der Waals surface area contributed by atoms with Crippen LogP contribution in [-0.4, -0.2) is 36.1 Å². The van der Waals surface area contributed by atoms with Crippen LogP contribution in [-0.2, 0) is 4.79 Å². The Kier molecular flexibility index (Phi) is 5.42. The van der Waals surface area contributed by atoms with Gasteiger partial charge in [-0.2, -0.15) is 0 Å². The number of hydrogen-bond donors (Lipinski definition) is 3. The smallest absolute Gasteiger partial charge is 0.251 e. The Morgan fingerprint density at radius 1 is 1.22 bits per heavy atom. The van der Waals surface area contributed by atoms with E-state index in [9.17, 15) is 14.7 Å². The van der Waals surface area contributed by atoms with E-state index in [4.69, 9.17) is 0 Å². The average Bonchev–Trinajstić information content (AvgIpc) is 3.31. The third-order valence-corrected chi connectivity index (χ3v) is 4.48. The molecule has 0 aliphatic heterocycles. The van der Waals surface area contributed by atoms with Crippen molar-refractivity contribution in [3.8, 4) is 0 Å². The molecule has 126 valence electrons. The number of hydrogen-bond acceptors (Lipinski definition) is 3. The summed E-state index contributed by atoms with van der Waals surface area (Å²) in [4.78, 5) is 24.7. The van der Waals surface area contributed by atoms with Gasteiger partial charge in [-0.05, 0) is 37.8 Å². The first-order chi connectivity index (χ1) is 10.9. The fraction of sp³-hybridized carbons (Fsp3) is 0.556. The van der Waals surface area contributed by atoms with Crippen molar-refractivity contribution in [2.75, 3.05) is 13.2 Å². The second-order valence-electron chi connectivity index (χ2n) is 6.94. The molecule has 5 heteroatoms. The molecule has 0 radical (unpaired) electrons. The van der Waals surface area contributed by atoms with Gasteiger partial charge in [0.1, 0.15) is 6.04 Å². The van der Waals surface area contributed by atoms with Gasteiger partial charge in [0.2, 0.25) is 5.91 Å². The molecule has 1 aromatic rings. The molecule has 1 unspecified atom stereocenters. The van der Waals surface area contributed by atoms with Crippen molar-refractivity contribution < 1.29 is 14.7 Å². The molecule has 1 aliphatic carbocycles. The number of amides is 2. The van der Waals surface area contributed by atoms with Crippen LogP contribution in [0, 0.1) is 18.3 Å². The number of aryl methyl sites for hydroxylation is 1. The molecule has 2 rings (SSSR count). The fourth-order valence-corrected chi connectivity index (χ4v) is 2.42. The van der Waals surface area contributed by atoms with E-state index in [-0.39, 0.29) is 29.8 Å². The van der Waals surface area contributed by atoms with Gasteiger partial charge in [-0.25, -0.2) is 0 Å². The van der Waals surface area contributed by atoms with E-state index in [1.54, 1.807) is 12.1 Å². The number of benzene rings is 1. The lowest BCUT2D eigenvalue weighted by molar-refractivity contribution is -0.124. The highest BCUT2D eigenvalue weighted by Gasteiger charge is 2.42. The third kappa shape index (κ3) is 4.55. The van der Waals surface area contributed by atoms with Crippen LogP contribution >= 0.6 is 0 Å². The standard InChI is InChI=1S/C18H26N2O3/c1-12(2)15(17(23)19-10-18(11-21)8-9-18)20-16(22)14-6-4-13(3)5-7-14/h4-7,12,15,21H,8-11H2,1-3H3,(H,19,23)(H,20,22). The van der Waals surface area contributed by atoms with Crippen molar-refractivity contribution in [1.29, 1.82) is 0 Å². The highest BCUT2D eigenvalue weighted by atomic mass is 16.3. The van der Waals surface area contributed by atoms with Crippen LogP contribution in [0.15, 0.2) is 24.3 Å². The van der Waals surface area contributed by atoms with Gasteiger partial charge in [0.25, 0.3) is 5.91 Å². The minimum atomic E-state index is -0.585. The molecular formula is C18H26N2O3. The summed E-state index contributed by atoms with van der Waals surface area (Å²) in [6.07, 6.45) is 1.87. The topological polar surface area (TPSA) is 78.4 Å². The first-order valence-electron chi connectivity index (χ1n) is 8.13. The Bertz CT molecular complexity index is 562. The Labute approximate surface area is 137 Å². The Morgan fingerprint density at radius 2 is 1.83 bits per heavy atom. The van der Waals surface area contributed by atoms with Gasteiger partial charge in [-0.3, -0.25) is 9.59 Å². The molecule has 2 amide bonds. The van der Waals surface area contributed by atoms with Crippen molar-refractivity contribution in [3.05, 3.63) is 35.4 Å². The molecule has 1 aromatic carbocycles. The molecule has 3 N–H and O–H groups in total. The highest BCUT2D eigenvalue weighted by molar-refractivity contribution is 5.97. The molecule has 1 fully saturated rings. The fourth-order valence-electron chi connectivity index (χ4n) is 2.42. The molecule has 0 saturated heterocycles. The molecule has 0 aromatic heterocycles. The minimum Gasteiger partial charge on any atom is -0.396 e. The zero-order valence-corrected chi connectivity index (χ0v) is 14.1. The van der Waals surface area contributed by atoms with Crippen molar-refractivity contribution in [2.24, 2.45) is 11.3 Å². The largest absolute Gasteiger partial charge is 0.396 e. The van der Waals surface area contributed by atoms with Gasteiger partial charge in [0.05, 0.1) is 6.61 Å². The SMILES string of the molecule is Cc1ccc(C(=O)NC(C(=O)NCC2(CO)CC2)C(C)C)cc1. The summed E-state index contributed by atoms with van der Waals surface area (Å²) in [5, 5.41) is 15.0. The molecule has 1 aliphatic rings. The van der Waals surface area contributed by atoms with Crippen LogP contribution in [0.5, 0.6) is 0 Å². The van der Waals surface area contributed by atoms with Gasteiger partial charge in [0, 0.05) is 17.5 Å². The van der Waals surface area contributed by atoms with Crippen LogP contribution in [0.1, 0.15) is 42.6 Å². The lowest BCUT2D eigenvalue weighted by Crippen LogP contribution is -2.50. The predicted molar refractivity (Wildman–Crippen MR) is 89.0 cm³/mol. The molecule has 23 heavy (non-hydrogen) atoms. The van der Waals surface area contributed by atoms with Crippen LogP contribution in [0.2, 0.25) is 0 Å². The van der Waals surface area contributed by atoms with Crippen molar-refractivity contribution in [1.82, 2.24) is 10.6 Å². The molecule has 1 saturated carbocycles. The van der Waals surface area contributed by atoms with Crippen LogP contribution in [0.3, 0.4) is 0 Å². The zero-order valence-electron chi connectivity index (χ0n) is 14.1. The summed E-state index contributed by atoms with van der Waals surface area (Å²) in [5.41, 5.74) is 1.49. The molecule has 1 atom stereocenters. The van der Waals surface area contributed by atoms with Crippen molar-refractivity contribution in [3.63, 3.8) is 0 Å². The second kappa shape index (κ2) is 7.13. The number of rotatable bonds is 7. The number of carbonyl (C=O) groups excluding carboxylic acids is 2. The predicted octanol–water partition coefficient (Wildman–Crippen LogP) is 1.64. The molecular weight excluding hydrogens is 292 g/mol. The number of nitrogens with one attached hydrogen (secondary N) is 2. The Balaban J connectivity index is 1.96. The first kappa shape index (κ1) is 17.5. The minimum absolute atomic E-state index is 0.0197. The van der Waals surface area contributed by atoms with Gasteiger partial charge < -0.3 is 15.7 Å². The summed E-state index contributed by atoms with van der Waals surface area (Å²) < 4.78 is 0. The average molecular weight is 318 g/mol. The second-order valence-corrected chi connectivity index (χ2v) is 6.94. The Hall–Kier alpha value is -1.88. The Morgan fingerprint density at radius 3 is 2.30 bits per heavy atom. The van der Waals surface area contributed by atoms with E-state index in [1.165, 1.54) is 0 Å². The van der Waals surface area contributed by atoms with E-state index in [0.29, 0.717) is 12.1 Å². The summed E-state index contributed by atoms with van der Waals surface area (Å²) in [7, 11) is 0. The summed E-state index contributed by atoms with van der Waals surface area (Å²) >= 11 is 0. The van der Waals surface area contributed by atoms with Gasteiger partial charge in [-0.1, -0.05) is 31.5 Å². The summed E-state index contributed by atoms with van der Waals surface area (Å²) in [5.74, 6) is -0.462. The zero-order chi connectivity index (χ0) is 17.0. The van der Waals surface area contributed by atoms with E-state index >= 15 is 0 Å². The normalized spacial score (nSPS) is 16.7. The summed E-state index contributed by atoms with van der Waals surface area (Å²) in [6.45, 7) is 6.32. The van der Waals surface area contributed by atoms with Crippen LogP contribution in [0.4, 0.5) is 0 Å². The first-order valence-corrected chi connectivity index (χ1v) is 8.13. The summed E-state index contributed by atoms with van der Waals surface area (Å²) in [6, 6.07) is 6.67. The maximum absolute atomic E-state index is 12.4. The van der Waals surface area contributed by atoms with Crippen molar-refractivity contribution >= 4 is 11.8 Å². The number of carbonyl (C=O) groups is 2. The maximum atomic E-state index is 12.4. The van der Waals surface area contributed by atoms with E-state index in [2.05, 4.69) is 10.6 Å². The van der Waals surface area contributed by atoms with E-state index < -0.39 is 6.04 Å². The van der Waals surface area contributed by atoms with Crippen LogP contribution in [0.25, 0.3) is 0 Å². The molecule has 0 heterocycles. The van der Waals surface area contributed by atoms with Gasteiger partial charge in [-0.15, -0.1) is 0 Å². The maximum Gasteiger partial charge on any atom is 0.251 e. The van der Waals surface area contributed by atoms with E-state index in [0.717, 1.165) is 18.4 Å². The van der Waals surface area contributed by atoms with Crippen LogP contribution < -0.4 is 10.6 Å². The number of aliphatic hydroxyl groups excluding tert-OH is 1. The monoisotopic (exact) mass is 318 g/mol. The third-order valence-electron chi connectivity index (χ3n) is 4.48. The van der Waals surface area contributed by atoms with Crippen molar-refractivity contribution in [2.45, 2.75) is 39.7 Å². The van der Waals surface area contributed by atoms with Gasteiger partial charge in [0.15, 0.2) is 0 Å². The van der Waals surface area contributed by atoms with Gasteiger partial charge >= 0.3 is 0 Å². The highest BCUT2D eigenvalue weighted by Crippen LogP contribution is 2.44.